The van der Waals surface area contributed by atoms with Gasteiger partial charge in [-0.25, -0.2) is 19.2 Å². The van der Waals surface area contributed by atoms with Crippen LogP contribution in [0.4, 0.5) is 0 Å². The summed E-state index contributed by atoms with van der Waals surface area (Å²) < 4.78 is 22.0. The average molecular weight is 867 g/mol. The zero-order valence-corrected chi connectivity index (χ0v) is 37.1. The minimum Gasteiger partial charge on any atom is -0.479 e. The highest BCUT2D eigenvalue weighted by molar-refractivity contribution is 5.93. The number of likely N-dealkylation sites (N-methyl/N-ethyl adjacent to an activating group) is 3. The number of aliphatic carboxylic acids is 1. The molecule has 0 saturated carbocycles. The molecule has 2 N–H and O–H groups in total. The van der Waals surface area contributed by atoms with Crippen molar-refractivity contribution in [1.82, 2.24) is 20.0 Å². The summed E-state index contributed by atoms with van der Waals surface area (Å²) in [6.45, 7) is 9.09. The van der Waals surface area contributed by atoms with Gasteiger partial charge in [0, 0.05) is 27.1 Å². The molecule has 62 heavy (non-hydrogen) atoms. The van der Waals surface area contributed by atoms with Crippen molar-refractivity contribution in [1.29, 1.82) is 0 Å². The molecular formula is C45H62N4O13. The molecule has 17 nitrogen and oxygen atoms in total. The van der Waals surface area contributed by atoms with E-state index in [1.165, 1.54) is 46.7 Å². The Labute approximate surface area is 363 Å². The van der Waals surface area contributed by atoms with Crippen molar-refractivity contribution in [2.45, 2.75) is 129 Å². The second kappa shape index (κ2) is 24.0. The van der Waals surface area contributed by atoms with E-state index in [0.29, 0.717) is 24.8 Å². The number of esters is 4. The Kier molecular flexibility index (Phi) is 19.5. The van der Waals surface area contributed by atoms with Crippen LogP contribution in [0.15, 0.2) is 60.7 Å². The molecule has 0 unspecified atom stereocenters. The van der Waals surface area contributed by atoms with Gasteiger partial charge in [-0.15, -0.1) is 0 Å². The van der Waals surface area contributed by atoms with E-state index in [0.717, 1.165) is 15.4 Å². The highest BCUT2D eigenvalue weighted by Gasteiger charge is 2.41. The first-order valence-corrected chi connectivity index (χ1v) is 20.9. The molecule has 1 aliphatic rings. The lowest BCUT2D eigenvalue weighted by molar-refractivity contribution is -0.175. The zero-order chi connectivity index (χ0) is 46.3. The maximum absolute atomic E-state index is 14.3. The van der Waals surface area contributed by atoms with Crippen molar-refractivity contribution >= 4 is 47.6 Å². The third-order valence-corrected chi connectivity index (χ3v) is 10.7. The van der Waals surface area contributed by atoms with E-state index in [-0.39, 0.29) is 31.7 Å². The van der Waals surface area contributed by atoms with Crippen molar-refractivity contribution in [3.63, 3.8) is 0 Å². The van der Waals surface area contributed by atoms with Gasteiger partial charge in [0.15, 0.2) is 24.4 Å². The summed E-state index contributed by atoms with van der Waals surface area (Å²) in [6, 6.07) is 13.8. The maximum atomic E-state index is 14.3. The number of ether oxygens (including phenoxy) is 4. The van der Waals surface area contributed by atoms with E-state index in [9.17, 15) is 43.5 Å². The van der Waals surface area contributed by atoms with Crippen LogP contribution in [0.5, 0.6) is 0 Å². The number of nitrogens with zero attached hydrogens (tertiary/aromatic N) is 3. The molecule has 0 aliphatic carbocycles. The van der Waals surface area contributed by atoms with Gasteiger partial charge in [0.2, 0.25) is 0 Å². The first-order chi connectivity index (χ1) is 29.3. The highest BCUT2D eigenvalue weighted by Crippen LogP contribution is 2.24. The van der Waals surface area contributed by atoms with Crippen molar-refractivity contribution < 1.29 is 62.4 Å². The molecule has 1 fully saturated rings. The summed E-state index contributed by atoms with van der Waals surface area (Å²) in [4.78, 5) is 110. The molecule has 8 atom stereocenters. The predicted octanol–water partition coefficient (Wildman–Crippen LogP) is 2.95. The molecule has 2 aromatic carbocycles. The Morgan fingerprint density at radius 2 is 1.23 bits per heavy atom. The fourth-order valence-electron chi connectivity index (χ4n) is 6.87. The largest absolute Gasteiger partial charge is 0.479 e. The number of rotatable bonds is 21. The summed E-state index contributed by atoms with van der Waals surface area (Å²) >= 11 is 0. The predicted molar refractivity (Wildman–Crippen MR) is 225 cm³/mol. The lowest BCUT2D eigenvalue weighted by Gasteiger charge is -2.37. The number of carboxylic acids is 1. The molecular weight excluding hydrogens is 805 g/mol. The number of nitrogens with one attached hydrogen (secondary N) is 1. The molecule has 340 valence electrons. The Morgan fingerprint density at radius 1 is 0.694 bits per heavy atom. The number of hydrogen-bond donors (Lipinski definition) is 2. The normalized spacial score (nSPS) is 17.2. The Hall–Kier alpha value is -5.84. The first kappa shape index (κ1) is 50.5. The standard InChI is InChI=1S/C45H62N4O13/c1-27(2)24-36(45(58)62-37(26-33-20-14-11-15-21-33)40(52)49-23-17-16-22-35(49)44(57)61-31(6)41(53)54)48(9)39(51)30(5)59-42(55)28(3)47(8)38(50)29(4)60-43(56)34(46-7)25-32-18-12-10-13-19-32/h10-15,18-21,27-31,34-37,46H,16-17,22-26H2,1-9H3,(H,53,54)/t28-,29+,30+,31+,34-,35-,36-,37+/m0/s1. The molecule has 0 bridgehead atoms. The van der Waals surface area contributed by atoms with Crippen LogP contribution in [-0.2, 0) is 70.1 Å². The molecule has 17 heteroatoms. The van der Waals surface area contributed by atoms with E-state index < -0.39 is 96.2 Å². The molecule has 3 rings (SSSR count). The summed E-state index contributed by atoms with van der Waals surface area (Å²) in [5.74, 6) is -7.02. The lowest BCUT2D eigenvalue weighted by atomic mass is 9.99. The molecule has 1 saturated heterocycles. The molecule has 0 radical (unpaired) electrons. The number of carboxylic acid groups (broad SMARTS) is 1. The number of carbonyl (C=O) groups is 8. The summed E-state index contributed by atoms with van der Waals surface area (Å²) in [7, 11) is 4.29. The fourth-order valence-corrected chi connectivity index (χ4v) is 6.87. The molecule has 3 amide bonds. The van der Waals surface area contributed by atoms with E-state index in [1.54, 1.807) is 37.4 Å². The van der Waals surface area contributed by atoms with Crippen molar-refractivity contribution in [3.05, 3.63) is 71.8 Å². The summed E-state index contributed by atoms with van der Waals surface area (Å²) in [5.41, 5.74) is 1.54. The Morgan fingerprint density at radius 3 is 1.76 bits per heavy atom. The van der Waals surface area contributed by atoms with E-state index >= 15 is 0 Å². The van der Waals surface area contributed by atoms with Crippen LogP contribution in [0.25, 0.3) is 0 Å². The number of likely N-dealkylation sites (tertiary alicyclic amines) is 1. The van der Waals surface area contributed by atoms with Crippen molar-refractivity contribution in [2.75, 3.05) is 27.7 Å². The van der Waals surface area contributed by atoms with Crippen molar-refractivity contribution in [2.24, 2.45) is 5.92 Å². The van der Waals surface area contributed by atoms with Gasteiger partial charge in [0.25, 0.3) is 17.7 Å². The van der Waals surface area contributed by atoms with Gasteiger partial charge in [0.05, 0.1) is 0 Å². The van der Waals surface area contributed by atoms with E-state index in [4.69, 9.17) is 18.9 Å². The number of benzene rings is 2. The van der Waals surface area contributed by atoms with Crippen LogP contribution < -0.4 is 5.32 Å². The molecule has 2 aromatic rings. The fraction of sp³-hybridized carbons (Fsp3) is 0.556. The topological polar surface area (TPSA) is 215 Å². The van der Waals surface area contributed by atoms with Crippen LogP contribution in [0, 0.1) is 5.92 Å². The van der Waals surface area contributed by atoms with Gasteiger partial charge >= 0.3 is 29.8 Å². The van der Waals surface area contributed by atoms with Crippen LogP contribution in [0.3, 0.4) is 0 Å². The van der Waals surface area contributed by atoms with Crippen LogP contribution >= 0.6 is 0 Å². The monoisotopic (exact) mass is 866 g/mol. The van der Waals surface area contributed by atoms with Gasteiger partial charge in [-0.05, 0) is 83.9 Å². The maximum Gasteiger partial charge on any atom is 0.344 e. The zero-order valence-electron chi connectivity index (χ0n) is 37.1. The minimum atomic E-state index is -1.44. The highest BCUT2D eigenvalue weighted by atomic mass is 16.6. The molecule has 0 spiro atoms. The third kappa shape index (κ3) is 14.4. The van der Waals surface area contributed by atoms with Gasteiger partial charge in [-0.3, -0.25) is 19.2 Å². The summed E-state index contributed by atoms with van der Waals surface area (Å²) in [6.07, 6.45) is -3.87. The van der Waals surface area contributed by atoms with Crippen LogP contribution in [0.1, 0.15) is 78.4 Å². The number of carbonyl (C=O) groups excluding carboxylic acids is 7. The minimum absolute atomic E-state index is 0.0685. The molecule has 1 aliphatic heterocycles. The van der Waals surface area contributed by atoms with Crippen LogP contribution in [-0.4, -0.2) is 144 Å². The van der Waals surface area contributed by atoms with Gasteiger partial charge < -0.3 is 44.1 Å². The quantitative estimate of drug-likeness (QED) is 0.136. The van der Waals surface area contributed by atoms with Crippen molar-refractivity contribution in [3.8, 4) is 0 Å². The number of hydrogen-bond acceptors (Lipinski definition) is 13. The average Bonchev–Trinajstić information content (AvgIpc) is 3.25. The van der Waals surface area contributed by atoms with Crippen LogP contribution in [0.2, 0.25) is 0 Å². The smallest absolute Gasteiger partial charge is 0.344 e. The second-order valence-corrected chi connectivity index (χ2v) is 16.0. The Balaban J connectivity index is 1.73. The Bertz CT molecular complexity index is 1860. The van der Waals surface area contributed by atoms with Gasteiger partial charge in [-0.2, -0.15) is 0 Å². The van der Waals surface area contributed by atoms with Gasteiger partial charge in [-0.1, -0.05) is 74.5 Å². The third-order valence-electron chi connectivity index (χ3n) is 10.7. The number of piperidine rings is 1. The lowest BCUT2D eigenvalue weighted by Crippen LogP contribution is -2.55. The van der Waals surface area contributed by atoms with E-state index in [2.05, 4.69) is 5.32 Å². The first-order valence-electron chi connectivity index (χ1n) is 20.9. The van der Waals surface area contributed by atoms with Gasteiger partial charge in [0.1, 0.15) is 24.2 Å². The SMILES string of the molecule is CN[C@@H](Cc1ccccc1)C(=O)O[C@H](C)C(=O)N(C)[C@@H](C)C(=O)O[C@H](C)C(=O)N(C)[C@@H](CC(C)C)C(=O)O[C@H](Cc1ccccc1)C(=O)N1CCCC[C@H]1C(=O)O[C@H](C)C(=O)O. The molecule has 0 aromatic heterocycles. The van der Waals surface area contributed by atoms with E-state index in [1.807, 2.05) is 44.2 Å². The number of amides is 3. The summed E-state index contributed by atoms with van der Waals surface area (Å²) in [5, 5.41) is 12.2. The molecule has 1 heterocycles. The second-order valence-electron chi connectivity index (χ2n) is 16.0.